The minimum Gasteiger partial charge on any atom is -0.465 e. The van der Waals surface area contributed by atoms with Gasteiger partial charge in [-0.2, -0.15) is 0 Å². The summed E-state index contributed by atoms with van der Waals surface area (Å²) in [6, 6.07) is 7.35. The molecule has 1 fully saturated rings. The van der Waals surface area contributed by atoms with Gasteiger partial charge in [-0.05, 0) is 24.3 Å². The molecule has 0 radical (unpaired) electrons. The van der Waals surface area contributed by atoms with E-state index in [1.807, 2.05) is 12.1 Å². The molecule has 0 aromatic heterocycles. The predicted molar refractivity (Wildman–Crippen MR) is 93.3 cm³/mol. The molecule has 1 aromatic carbocycles. The molecule has 0 atom stereocenters. The average molecular weight is 353 g/mol. The number of anilines is 1. The molecule has 1 heterocycles. The third-order valence-corrected chi connectivity index (χ3v) is 3.78. The van der Waals surface area contributed by atoms with Crippen molar-refractivity contribution in [3.8, 4) is 0 Å². The van der Waals surface area contributed by atoms with Gasteiger partial charge in [-0.15, -0.1) is 0 Å². The number of benzene rings is 1. The Balaban J connectivity index is 1.92. The first-order chi connectivity index (χ1) is 12.3. The number of rotatable bonds is 2. The average Bonchev–Trinajstić information content (AvgIpc) is 2.66. The van der Waals surface area contributed by atoms with E-state index in [1.54, 1.807) is 12.1 Å². The van der Waals surface area contributed by atoms with Crippen LogP contribution in [0.2, 0.25) is 0 Å². The van der Waals surface area contributed by atoms with Crippen molar-refractivity contribution in [1.29, 1.82) is 0 Å². The normalized spacial score (nSPS) is 18.8. The molecule has 0 N–H and O–H groups in total. The number of hydrogen-bond donors (Lipinski definition) is 0. The fraction of sp³-hybridized carbons (Fsp3) is 0.611. The van der Waals surface area contributed by atoms with Gasteiger partial charge in [0.15, 0.2) is 0 Å². The lowest BCUT2D eigenvalue weighted by molar-refractivity contribution is 0.00206. The molecule has 0 saturated carbocycles. The van der Waals surface area contributed by atoms with Crippen LogP contribution in [0.5, 0.6) is 0 Å². The number of esters is 1. The van der Waals surface area contributed by atoms with Gasteiger partial charge in [0.1, 0.15) is 0 Å². The lowest BCUT2D eigenvalue weighted by Crippen LogP contribution is -2.31. The zero-order valence-electron chi connectivity index (χ0n) is 14.8. The number of methoxy groups -OCH3 is 1. The van der Waals surface area contributed by atoms with Crippen molar-refractivity contribution in [1.82, 2.24) is 0 Å². The lowest BCUT2D eigenvalue weighted by atomic mass is 10.2. The molecule has 0 unspecified atom stereocenters. The smallest absolute Gasteiger partial charge is 0.337 e. The molecule has 7 nitrogen and oxygen atoms in total. The molecule has 0 aliphatic carbocycles. The predicted octanol–water partition coefficient (Wildman–Crippen LogP) is 1.36. The highest BCUT2D eigenvalue weighted by Crippen LogP contribution is 2.15. The fourth-order valence-electron chi connectivity index (χ4n) is 2.41. The maximum Gasteiger partial charge on any atom is 0.337 e. The van der Waals surface area contributed by atoms with Gasteiger partial charge >= 0.3 is 5.97 Å². The number of nitrogens with zero attached hydrogens (tertiary/aromatic N) is 1. The maximum atomic E-state index is 11.5. The summed E-state index contributed by atoms with van der Waals surface area (Å²) in [5.41, 5.74) is 1.54. The Morgan fingerprint density at radius 3 is 1.68 bits per heavy atom. The van der Waals surface area contributed by atoms with E-state index in [0.29, 0.717) is 58.4 Å². The Kier molecular flexibility index (Phi) is 9.28. The largest absolute Gasteiger partial charge is 0.465 e. The van der Waals surface area contributed by atoms with Crippen molar-refractivity contribution in [3.05, 3.63) is 29.8 Å². The van der Waals surface area contributed by atoms with Crippen LogP contribution in [0.3, 0.4) is 0 Å². The highest BCUT2D eigenvalue weighted by molar-refractivity contribution is 5.89. The van der Waals surface area contributed by atoms with E-state index in [4.69, 9.17) is 23.7 Å². The Morgan fingerprint density at radius 2 is 1.24 bits per heavy atom. The van der Waals surface area contributed by atoms with E-state index in [9.17, 15) is 4.79 Å². The standard InChI is InChI=1S/C18H27NO6/c1-21-18(20)16-2-4-17(5-3-16)19-6-8-22-10-12-24-14-15-25-13-11-23-9-7-19/h2-5H,6-15H2,1H3. The minimum atomic E-state index is -0.338. The van der Waals surface area contributed by atoms with Crippen molar-refractivity contribution in [2.45, 2.75) is 0 Å². The molecular formula is C18H27NO6. The quantitative estimate of drug-likeness (QED) is 0.744. The molecule has 1 aliphatic heterocycles. The van der Waals surface area contributed by atoms with Crippen LogP contribution in [-0.2, 0) is 23.7 Å². The summed E-state index contributed by atoms with van der Waals surface area (Å²) in [4.78, 5) is 13.7. The van der Waals surface area contributed by atoms with Crippen LogP contribution in [0.1, 0.15) is 10.4 Å². The Morgan fingerprint density at radius 1 is 0.800 bits per heavy atom. The first-order valence-electron chi connectivity index (χ1n) is 8.55. The second-order valence-electron chi connectivity index (χ2n) is 5.47. The molecule has 1 aliphatic rings. The second-order valence-corrected chi connectivity index (χ2v) is 5.47. The molecule has 0 spiro atoms. The summed E-state index contributed by atoms with van der Waals surface area (Å²) < 4.78 is 26.8. The van der Waals surface area contributed by atoms with E-state index in [-0.39, 0.29) is 5.97 Å². The first-order valence-corrected chi connectivity index (χ1v) is 8.55. The van der Waals surface area contributed by atoms with Crippen molar-refractivity contribution < 1.29 is 28.5 Å². The molecule has 0 amide bonds. The van der Waals surface area contributed by atoms with Crippen molar-refractivity contribution in [2.24, 2.45) is 0 Å². The van der Waals surface area contributed by atoms with Crippen molar-refractivity contribution in [2.75, 3.05) is 78.0 Å². The van der Waals surface area contributed by atoms with Gasteiger partial charge in [-0.1, -0.05) is 0 Å². The van der Waals surface area contributed by atoms with Gasteiger partial charge in [0, 0.05) is 18.8 Å². The first kappa shape index (κ1) is 19.7. The second kappa shape index (κ2) is 11.8. The lowest BCUT2D eigenvalue weighted by Gasteiger charge is -2.25. The van der Waals surface area contributed by atoms with E-state index in [1.165, 1.54) is 7.11 Å². The summed E-state index contributed by atoms with van der Waals surface area (Å²) in [5.74, 6) is -0.338. The van der Waals surface area contributed by atoms with Crippen LogP contribution in [0, 0.1) is 0 Å². The summed E-state index contributed by atoms with van der Waals surface area (Å²) in [5, 5.41) is 0. The van der Waals surface area contributed by atoms with Gasteiger partial charge in [-0.3, -0.25) is 0 Å². The van der Waals surface area contributed by atoms with Crippen LogP contribution in [0.4, 0.5) is 5.69 Å². The van der Waals surface area contributed by atoms with Gasteiger partial charge < -0.3 is 28.6 Å². The maximum absolute atomic E-state index is 11.5. The zero-order valence-corrected chi connectivity index (χ0v) is 14.8. The zero-order chi connectivity index (χ0) is 17.7. The third kappa shape index (κ3) is 7.39. The molecule has 1 saturated heterocycles. The van der Waals surface area contributed by atoms with Crippen LogP contribution in [0.15, 0.2) is 24.3 Å². The summed E-state index contributed by atoms with van der Waals surface area (Å²) in [6.07, 6.45) is 0. The molecule has 7 heteroatoms. The Hall–Kier alpha value is -1.67. The molecule has 0 bridgehead atoms. The monoisotopic (exact) mass is 353 g/mol. The van der Waals surface area contributed by atoms with Crippen LogP contribution >= 0.6 is 0 Å². The van der Waals surface area contributed by atoms with Crippen molar-refractivity contribution in [3.63, 3.8) is 0 Å². The number of hydrogen-bond acceptors (Lipinski definition) is 7. The topological polar surface area (TPSA) is 66.5 Å². The van der Waals surface area contributed by atoms with Gasteiger partial charge in [0.05, 0.1) is 65.5 Å². The third-order valence-electron chi connectivity index (χ3n) is 3.78. The van der Waals surface area contributed by atoms with Crippen LogP contribution in [-0.4, -0.2) is 79.0 Å². The minimum absolute atomic E-state index is 0.338. The van der Waals surface area contributed by atoms with E-state index in [0.717, 1.165) is 18.8 Å². The SMILES string of the molecule is COC(=O)c1ccc(N2CCOCCOCCOCCOCC2)cc1. The van der Waals surface area contributed by atoms with Gasteiger partial charge in [0.2, 0.25) is 0 Å². The molecular weight excluding hydrogens is 326 g/mol. The van der Waals surface area contributed by atoms with Gasteiger partial charge in [-0.25, -0.2) is 4.79 Å². The summed E-state index contributed by atoms with van der Waals surface area (Å²) in [7, 11) is 1.38. The van der Waals surface area contributed by atoms with E-state index in [2.05, 4.69) is 4.90 Å². The molecule has 2 rings (SSSR count). The summed E-state index contributed by atoms with van der Waals surface area (Å²) >= 11 is 0. The van der Waals surface area contributed by atoms with E-state index >= 15 is 0 Å². The van der Waals surface area contributed by atoms with Gasteiger partial charge in [0.25, 0.3) is 0 Å². The highest BCUT2D eigenvalue weighted by atomic mass is 16.6. The fourth-order valence-corrected chi connectivity index (χ4v) is 2.41. The number of carbonyl (C=O) groups excluding carboxylic acids is 1. The van der Waals surface area contributed by atoms with Crippen molar-refractivity contribution >= 4 is 11.7 Å². The molecule has 140 valence electrons. The van der Waals surface area contributed by atoms with Crippen LogP contribution in [0.25, 0.3) is 0 Å². The Labute approximate surface area is 148 Å². The number of carbonyl (C=O) groups is 1. The van der Waals surface area contributed by atoms with E-state index < -0.39 is 0 Å². The highest BCUT2D eigenvalue weighted by Gasteiger charge is 2.10. The molecule has 25 heavy (non-hydrogen) atoms. The Bertz CT molecular complexity index is 477. The van der Waals surface area contributed by atoms with Crippen LogP contribution < -0.4 is 4.90 Å². The summed E-state index contributed by atoms with van der Waals surface area (Å²) in [6.45, 7) is 6.05. The number of ether oxygens (including phenoxy) is 5. The molecule has 1 aromatic rings.